The summed E-state index contributed by atoms with van der Waals surface area (Å²) in [5, 5.41) is 8.81. The third-order valence-electron chi connectivity index (χ3n) is 2.85. The first-order valence-electron chi connectivity index (χ1n) is 6.15. The van der Waals surface area contributed by atoms with E-state index in [1.807, 2.05) is 30.3 Å². The van der Waals surface area contributed by atoms with Gasteiger partial charge in [0.1, 0.15) is 24.0 Å². The highest BCUT2D eigenvalue weighted by Crippen LogP contribution is 2.26. The minimum absolute atomic E-state index is 0.0437. The zero-order valence-corrected chi connectivity index (χ0v) is 11.3. The lowest BCUT2D eigenvalue weighted by molar-refractivity contribution is 0.0589. The number of benzene rings is 2. The molecule has 0 aromatic heterocycles. The molecule has 2 aromatic carbocycles. The van der Waals surface area contributed by atoms with Crippen LogP contribution in [0.1, 0.15) is 21.5 Å². The molecule has 106 valence electrons. The van der Waals surface area contributed by atoms with Gasteiger partial charge in [-0.15, -0.1) is 0 Å². The van der Waals surface area contributed by atoms with Crippen molar-refractivity contribution in [1.29, 1.82) is 5.26 Å². The van der Waals surface area contributed by atoms with Gasteiger partial charge in [-0.3, -0.25) is 0 Å². The normalized spacial score (nSPS) is 9.76. The number of carbonyl (C=O) groups is 1. The minimum Gasteiger partial charge on any atom is -0.488 e. The van der Waals surface area contributed by atoms with Crippen LogP contribution in [0.25, 0.3) is 0 Å². The molecule has 5 heteroatoms. The largest absolute Gasteiger partial charge is 0.488 e. The van der Waals surface area contributed by atoms with E-state index in [0.717, 1.165) is 12.7 Å². The first-order valence-corrected chi connectivity index (χ1v) is 6.15. The van der Waals surface area contributed by atoms with E-state index in [2.05, 4.69) is 4.74 Å². The van der Waals surface area contributed by atoms with Crippen LogP contribution in [0, 0.1) is 17.1 Å². The molecule has 21 heavy (non-hydrogen) atoms. The molecule has 0 amide bonds. The predicted octanol–water partition coefficient (Wildman–Crippen LogP) is 3.06. The van der Waals surface area contributed by atoms with E-state index in [1.165, 1.54) is 12.1 Å². The predicted molar refractivity (Wildman–Crippen MR) is 73.2 cm³/mol. The van der Waals surface area contributed by atoms with Crippen molar-refractivity contribution in [2.75, 3.05) is 7.11 Å². The van der Waals surface area contributed by atoms with Gasteiger partial charge in [-0.2, -0.15) is 5.26 Å². The molecule has 0 fully saturated rings. The molecular formula is C16H12FNO3. The van der Waals surface area contributed by atoms with Gasteiger partial charge in [-0.25, -0.2) is 9.18 Å². The van der Waals surface area contributed by atoms with Gasteiger partial charge in [0.2, 0.25) is 0 Å². The van der Waals surface area contributed by atoms with E-state index in [1.54, 1.807) is 6.07 Å². The summed E-state index contributed by atoms with van der Waals surface area (Å²) in [6.07, 6.45) is 0. The Morgan fingerprint density at radius 3 is 2.57 bits per heavy atom. The zero-order chi connectivity index (χ0) is 15.2. The Morgan fingerprint density at radius 1 is 1.24 bits per heavy atom. The van der Waals surface area contributed by atoms with E-state index in [0.29, 0.717) is 0 Å². The van der Waals surface area contributed by atoms with Gasteiger partial charge < -0.3 is 9.47 Å². The molecule has 0 saturated carbocycles. The minimum atomic E-state index is -0.935. The van der Waals surface area contributed by atoms with Crippen LogP contribution in [0.2, 0.25) is 0 Å². The monoisotopic (exact) mass is 285 g/mol. The molecule has 0 unspecified atom stereocenters. The summed E-state index contributed by atoms with van der Waals surface area (Å²) < 4.78 is 24.1. The molecule has 2 aromatic rings. The highest BCUT2D eigenvalue weighted by Gasteiger charge is 2.22. The topological polar surface area (TPSA) is 59.3 Å². The lowest BCUT2D eigenvalue weighted by atomic mass is 10.1. The second kappa shape index (κ2) is 6.53. The second-order valence-electron chi connectivity index (χ2n) is 4.18. The molecule has 4 nitrogen and oxygen atoms in total. The maximum Gasteiger partial charge on any atom is 0.344 e. The summed E-state index contributed by atoms with van der Waals surface area (Å²) in [5.41, 5.74) is 0.271. The lowest BCUT2D eigenvalue weighted by Crippen LogP contribution is -2.10. The summed E-state index contributed by atoms with van der Waals surface area (Å²) in [5.74, 6) is -1.77. The number of carbonyl (C=O) groups excluding carboxylic acids is 1. The SMILES string of the molecule is COC(=O)c1c(OCc2ccccc2)ccc(C#N)c1F. The summed E-state index contributed by atoms with van der Waals surface area (Å²) >= 11 is 0. The molecule has 0 aliphatic rings. The van der Waals surface area contributed by atoms with Crippen molar-refractivity contribution in [2.45, 2.75) is 6.61 Å². The Morgan fingerprint density at radius 2 is 1.95 bits per heavy atom. The number of hydrogen-bond acceptors (Lipinski definition) is 4. The van der Waals surface area contributed by atoms with Gasteiger partial charge in [-0.1, -0.05) is 30.3 Å². The van der Waals surface area contributed by atoms with Crippen LogP contribution in [-0.2, 0) is 11.3 Å². The van der Waals surface area contributed by atoms with E-state index >= 15 is 0 Å². The molecule has 0 aliphatic carbocycles. The number of ether oxygens (including phenoxy) is 2. The second-order valence-corrected chi connectivity index (χ2v) is 4.18. The molecule has 0 atom stereocenters. The molecule has 0 bridgehead atoms. The third kappa shape index (κ3) is 3.18. The molecular weight excluding hydrogens is 273 g/mol. The number of hydrogen-bond donors (Lipinski definition) is 0. The highest BCUT2D eigenvalue weighted by atomic mass is 19.1. The van der Waals surface area contributed by atoms with Crippen LogP contribution in [0.15, 0.2) is 42.5 Å². The molecule has 0 heterocycles. The van der Waals surface area contributed by atoms with E-state index < -0.39 is 11.8 Å². The van der Waals surface area contributed by atoms with Crippen LogP contribution >= 0.6 is 0 Å². The maximum absolute atomic E-state index is 14.1. The number of nitriles is 1. The fraction of sp³-hybridized carbons (Fsp3) is 0.125. The van der Waals surface area contributed by atoms with E-state index in [9.17, 15) is 9.18 Å². The van der Waals surface area contributed by atoms with Crippen molar-refractivity contribution < 1.29 is 18.7 Å². The first kappa shape index (κ1) is 14.5. The van der Waals surface area contributed by atoms with Gasteiger partial charge in [0.25, 0.3) is 0 Å². The Kier molecular flexibility index (Phi) is 4.52. The van der Waals surface area contributed by atoms with Crippen molar-refractivity contribution >= 4 is 5.97 Å². The summed E-state index contributed by atoms with van der Waals surface area (Å²) in [4.78, 5) is 11.7. The number of methoxy groups -OCH3 is 1. The van der Waals surface area contributed by atoms with Crippen LogP contribution in [-0.4, -0.2) is 13.1 Å². The number of nitrogens with zero attached hydrogens (tertiary/aromatic N) is 1. The number of halogens is 1. The zero-order valence-electron chi connectivity index (χ0n) is 11.3. The van der Waals surface area contributed by atoms with E-state index in [-0.39, 0.29) is 23.5 Å². The van der Waals surface area contributed by atoms with Gasteiger partial charge >= 0.3 is 5.97 Å². The lowest BCUT2D eigenvalue weighted by Gasteiger charge is -2.11. The highest BCUT2D eigenvalue weighted by molar-refractivity contribution is 5.93. The van der Waals surface area contributed by atoms with Crippen LogP contribution in [0.3, 0.4) is 0 Å². The Hall–Kier alpha value is -2.87. The van der Waals surface area contributed by atoms with Crippen molar-refractivity contribution in [2.24, 2.45) is 0 Å². The smallest absolute Gasteiger partial charge is 0.344 e. The Balaban J connectivity index is 2.33. The standard InChI is InChI=1S/C16H12FNO3/c1-20-16(19)14-13(8-7-12(9-18)15(14)17)21-10-11-5-3-2-4-6-11/h2-8H,10H2,1H3. The molecule has 2 rings (SSSR count). The number of rotatable bonds is 4. The fourth-order valence-corrected chi connectivity index (χ4v) is 1.79. The number of esters is 1. The van der Waals surface area contributed by atoms with Gasteiger partial charge in [0, 0.05) is 0 Å². The quantitative estimate of drug-likeness (QED) is 0.810. The Bertz CT molecular complexity index is 693. The summed E-state index contributed by atoms with van der Waals surface area (Å²) in [6.45, 7) is 0.177. The van der Waals surface area contributed by atoms with Gasteiger partial charge in [0.05, 0.1) is 12.7 Å². The third-order valence-corrected chi connectivity index (χ3v) is 2.85. The fourth-order valence-electron chi connectivity index (χ4n) is 1.79. The van der Waals surface area contributed by atoms with Crippen LogP contribution < -0.4 is 4.74 Å². The van der Waals surface area contributed by atoms with Gasteiger partial charge in [-0.05, 0) is 17.7 Å². The molecule has 0 aliphatic heterocycles. The molecule has 0 radical (unpaired) electrons. The van der Waals surface area contributed by atoms with Crippen LogP contribution in [0.4, 0.5) is 4.39 Å². The Labute approximate surface area is 121 Å². The van der Waals surface area contributed by atoms with E-state index in [4.69, 9.17) is 10.00 Å². The van der Waals surface area contributed by atoms with Crippen LogP contribution in [0.5, 0.6) is 5.75 Å². The maximum atomic E-state index is 14.1. The molecule has 0 N–H and O–H groups in total. The van der Waals surface area contributed by atoms with Gasteiger partial charge in [0.15, 0.2) is 5.82 Å². The average Bonchev–Trinajstić information content (AvgIpc) is 2.53. The van der Waals surface area contributed by atoms with Crippen molar-refractivity contribution in [3.8, 4) is 11.8 Å². The van der Waals surface area contributed by atoms with Crippen molar-refractivity contribution in [3.63, 3.8) is 0 Å². The van der Waals surface area contributed by atoms with Crippen molar-refractivity contribution in [3.05, 3.63) is 65.0 Å². The van der Waals surface area contributed by atoms with Crippen molar-refractivity contribution in [1.82, 2.24) is 0 Å². The molecule has 0 spiro atoms. The molecule has 0 saturated heterocycles. The average molecular weight is 285 g/mol. The first-order chi connectivity index (χ1) is 10.2. The summed E-state index contributed by atoms with van der Waals surface area (Å²) in [7, 11) is 1.14. The summed E-state index contributed by atoms with van der Waals surface area (Å²) in [6, 6.07) is 13.6.